The largest absolute Gasteiger partial charge is 0.312 e. The number of benzene rings is 1. The van der Waals surface area contributed by atoms with Crippen LogP contribution in [0.4, 0.5) is 0 Å². The van der Waals surface area contributed by atoms with Crippen LogP contribution in [0.5, 0.6) is 0 Å². The van der Waals surface area contributed by atoms with Crippen molar-refractivity contribution in [2.75, 3.05) is 19.6 Å². The summed E-state index contributed by atoms with van der Waals surface area (Å²) < 4.78 is 0. The number of aromatic amines is 1. The lowest BCUT2D eigenvalue weighted by Crippen LogP contribution is -2.48. The first kappa shape index (κ1) is 13.3. The van der Waals surface area contributed by atoms with Gasteiger partial charge < -0.3 is 5.32 Å². The molecule has 1 unspecified atom stereocenters. The SMILES string of the molecule is CC1CN(Cc2ccc3cn[nH]c3c2)CCN1.Cl. The van der Waals surface area contributed by atoms with E-state index in [2.05, 4.69) is 45.5 Å². The number of H-pyrrole nitrogens is 1. The van der Waals surface area contributed by atoms with Gasteiger partial charge in [0, 0.05) is 37.6 Å². The fourth-order valence-corrected chi connectivity index (χ4v) is 2.50. The Morgan fingerprint density at radius 2 is 2.33 bits per heavy atom. The summed E-state index contributed by atoms with van der Waals surface area (Å²) in [6, 6.07) is 7.14. The molecule has 0 spiro atoms. The van der Waals surface area contributed by atoms with Gasteiger partial charge in [0.05, 0.1) is 11.7 Å². The minimum Gasteiger partial charge on any atom is -0.312 e. The van der Waals surface area contributed by atoms with Gasteiger partial charge in [0.15, 0.2) is 0 Å². The van der Waals surface area contributed by atoms with Crippen LogP contribution in [0.25, 0.3) is 10.9 Å². The van der Waals surface area contributed by atoms with Crippen molar-refractivity contribution in [1.82, 2.24) is 20.4 Å². The predicted molar refractivity (Wildman–Crippen MR) is 76.1 cm³/mol. The zero-order chi connectivity index (χ0) is 11.7. The van der Waals surface area contributed by atoms with E-state index in [0.717, 1.165) is 31.7 Å². The summed E-state index contributed by atoms with van der Waals surface area (Å²) in [5.74, 6) is 0. The first-order valence-electron chi connectivity index (χ1n) is 6.19. The average Bonchev–Trinajstić information content (AvgIpc) is 2.76. The zero-order valence-electron chi connectivity index (χ0n) is 10.5. The van der Waals surface area contributed by atoms with Crippen LogP contribution in [-0.2, 0) is 6.54 Å². The van der Waals surface area contributed by atoms with E-state index in [-0.39, 0.29) is 12.4 Å². The van der Waals surface area contributed by atoms with Gasteiger partial charge in [0.2, 0.25) is 0 Å². The molecule has 1 aliphatic rings. The molecule has 0 bridgehead atoms. The first-order chi connectivity index (χ1) is 8.31. The van der Waals surface area contributed by atoms with E-state index in [4.69, 9.17) is 0 Å². The van der Waals surface area contributed by atoms with E-state index in [1.807, 2.05) is 6.20 Å². The number of rotatable bonds is 2. The summed E-state index contributed by atoms with van der Waals surface area (Å²) >= 11 is 0. The first-order valence-corrected chi connectivity index (χ1v) is 6.19. The highest BCUT2D eigenvalue weighted by molar-refractivity contribution is 5.85. The monoisotopic (exact) mass is 266 g/mol. The minimum atomic E-state index is 0. The van der Waals surface area contributed by atoms with Crippen LogP contribution >= 0.6 is 12.4 Å². The molecule has 0 saturated carbocycles. The van der Waals surface area contributed by atoms with E-state index in [1.54, 1.807) is 0 Å². The predicted octanol–water partition coefficient (Wildman–Crippen LogP) is 1.78. The maximum Gasteiger partial charge on any atom is 0.0653 e. The quantitative estimate of drug-likeness (QED) is 0.871. The second-order valence-corrected chi connectivity index (χ2v) is 4.88. The summed E-state index contributed by atoms with van der Waals surface area (Å²) in [6.07, 6.45) is 1.87. The van der Waals surface area contributed by atoms with Gasteiger partial charge in [0.1, 0.15) is 0 Å². The van der Waals surface area contributed by atoms with Gasteiger partial charge in [-0.2, -0.15) is 5.10 Å². The lowest BCUT2D eigenvalue weighted by molar-refractivity contribution is 0.200. The molecule has 2 aromatic rings. The molecular weight excluding hydrogens is 248 g/mol. The molecule has 0 radical (unpaired) electrons. The highest BCUT2D eigenvalue weighted by atomic mass is 35.5. The maximum atomic E-state index is 4.05. The Balaban J connectivity index is 0.00000120. The molecule has 1 aromatic heterocycles. The molecule has 5 heteroatoms. The molecule has 0 amide bonds. The molecule has 98 valence electrons. The van der Waals surface area contributed by atoms with Crippen LogP contribution in [0.1, 0.15) is 12.5 Å². The molecule has 4 nitrogen and oxygen atoms in total. The fourth-order valence-electron chi connectivity index (χ4n) is 2.50. The maximum absolute atomic E-state index is 4.05. The molecule has 1 saturated heterocycles. The summed E-state index contributed by atoms with van der Waals surface area (Å²) in [5, 5.41) is 11.7. The van der Waals surface area contributed by atoms with Crippen LogP contribution in [0.2, 0.25) is 0 Å². The number of nitrogens with zero attached hydrogens (tertiary/aromatic N) is 2. The smallest absolute Gasteiger partial charge is 0.0653 e. The average molecular weight is 267 g/mol. The molecule has 1 aliphatic heterocycles. The number of hydrogen-bond donors (Lipinski definition) is 2. The molecule has 1 aromatic carbocycles. The van der Waals surface area contributed by atoms with Gasteiger partial charge >= 0.3 is 0 Å². The van der Waals surface area contributed by atoms with Crippen LogP contribution in [0, 0.1) is 0 Å². The molecule has 1 atom stereocenters. The normalized spacial score (nSPS) is 20.8. The number of halogens is 1. The highest BCUT2D eigenvalue weighted by Gasteiger charge is 2.15. The van der Waals surface area contributed by atoms with Crippen LogP contribution in [-0.4, -0.2) is 40.8 Å². The Kier molecular flexibility index (Phi) is 4.22. The van der Waals surface area contributed by atoms with Gasteiger partial charge in [-0.05, 0) is 18.6 Å². The Bertz CT molecular complexity index is 510. The molecule has 0 aliphatic carbocycles. The molecular formula is C13H19ClN4. The van der Waals surface area contributed by atoms with Crippen molar-refractivity contribution in [1.29, 1.82) is 0 Å². The van der Waals surface area contributed by atoms with Gasteiger partial charge in [0.25, 0.3) is 0 Å². The van der Waals surface area contributed by atoms with Crippen LogP contribution < -0.4 is 5.32 Å². The van der Waals surface area contributed by atoms with Crippen molar-refractivity contribution >= 4 is 23.3 Å². The lowest BCUT2D eigenvalue weighted by Gasteiger charge is -2.31. The molecule has 3 rings (SSSR count). The summed E-state index contributed by atoms with van der Waals surface area (Å²) in [5.41, 5.74) is 2.49. The standard InChI is InChI=1S/C13H18N4.ClH/c1-10-8-17(5-4-14-10)9-11-2-3-12-7-15-16-13(12)6-11;/h2-3,6-7,10,14H,4-5,8-9H2,1H3,(H,15,16);1H. The number of hydrogen-bond acceptors (Lipinski definition) is 3. The van der Waals surface area contributed by atoms with Crippen molar-refractivity contribution in [3.8, 4) is 0 Å². The molecule has 18 heavy (non-hydrogen) atoms. The second kappa shape index (κ2) is 5.69. The van der Waals surface area contributed by atoms with E-state index in [1.165, 1.54) is 10.9 Å². The Hall–Kier alpha value is -1.10. The number of aromatic nitrogens is 2. The lowest BCUT2D eigenvalue weighted by atomic mass is 10.1. The van der Waals surface area contributed by atoms with Gasteiger partial charge in [-0.1, -0.05) is 12.1 Å². The molecule has 1 fully saturated rings. The third-order valence-electron chi connectivity index (χ3n) is 3.37. The van der Waals surface area contributed by atoms with Crippen LogP contribution in [0.3, 0.4) is 0 Å². The summed E-state index contributed by atoms with van der Waals surface area (Å²) in [4.78, 5) is 2.50. The van der Waals surface area contributed by atoms with Crippen molar-refractivity contribution in [3.05, 3.63) is 30.0 Å². The Morgan fingerprint density at radius 3 is 3.17 bits per heavy atom. The Labute approximate surface area is 113 Å². The Morgan fingerprint density at radius 1 is 1.44 bits per heavy atom. The van der Waals surface area contributed by atoms with Crippen molar-refractivity contribution in [2.45, 2.75) is 19.5 Å². The minimum absolute atomic E-state index is 0. The van der Waals surface area contributed by atoms with Gasteiger partial charge in [-0.15, -0.1) is 12.4 Å². The van der Waals surface area contributed by atoms with E-state index in [9.17, 15) is 0 Å². The van der Waals surface area contributed by atoms with Crippen molar-refractivity contribution < 1.29 is 0 Å². The summed E-state index contributed by atoms with van der Waals surface area (Å²) in [6.45, 7) is 6.62. The number of piperazine rings is 1. The van der Waals surface area contributed by atoms with Crippen molar-refractivity contribution in [2.24, 2.45) is 0 Å². The second-order valence-electron chi connectivity index (χ2n) is 4.88. The topological polar surface area (TPSA) is 44.0 Å². The van der Waals surface area contributed by atoms with Crippen molar-refractivity contribution in [3.63, 3.8) is 0 Å². The third-order valence-corrected chi connectivity index (χ3v) is 3.37. The highest BCUT2D eigenvalue weighted by Crippen LogP contribution is 2.15. The molecule has 2 heterocycles. The van der Waals surface area contributed by atoms with E-state index < -0.39 is 0 Å². The van der Waals surface area contributed by atoms with E-state index >= 15 is 0 Å². The van der Waals surface area contributed by atoms with Gasteiger partial charge in [-0.25, -0.2) is 0 Å². The van der Waals surface area contributed by atoms with E-state index in [0.29, 0.717) is 6.04 Å². The molecule has 2 N–H and O–H groups in total. The zero-order valence-corrected chi connectivity index (χ0v) is 11.3. The fraction of sp³-hybridized carbons (Fsp3) is 0.462. The summed E-state index contributed by atoms with van der Waals surface area (Å²) in [7, 11) is 0. The number of nitrogens with one attached hydrogen (secondary N) is 2. The van der Waals surface area contributed by atoms with Crippen LogP contribution in [0.15, 0.2) is 24.4 Å². The number of fused-ring (bicyclic) bond motifs is 1. The van der Waals surface area contributed by atoms with Gasteiger partial charge in [-0.3, -0.25) is 10.00 Å². The third kappa shape index (κ3) is 2.83.